The summed E-state index contributed by atoms with van der Waals surface area (Å²) in [7, 11) is 2.72. The Bertz CT molecular complexity index is 608. The van der Waals surface area contributed by atoms with Gasteiger partial charge in [0, 0.05) is 18.8 Å². The van der Waals surface area contributed by atoms with Crippen LogP contribution in [0.1, 0.15) is 10.4 Å². The summed E-state index contributed by atoms with van der Waals surface area (Å²) in [6.07, 6.45) is 1.47. The summed E-state index contributed by atoms with van der Waals surface area (Å²) < 4.78 is 33.4. The van der Waals surface area contributed by atoms with Crippen molar-refractivity contribution < 1.29 is 18.3 Å². The van der Waals surface area contributed by atoms with Gasteiger partial charge in [-0.2, -0.15) is 5.10 Å². The molecule has 0 N–H and O–H groups in total. The number of benzene rings is 1. The third-order valence-corrected chi connectivity index (χ3v) is 2.58. The Morgan fingerprint density at radius 1 is 1.28 bits per heavy atom. The van der Waals surface area contributed by atoms with E-state index in [0.29, 0.717) is 5.69 Å². The molecule has 0 spiro atoms. The van der Waals surface area contributed by atoms with Gasteiger partial charge in [0.2, 0.25) is 0 Å². The molecule has 0 amide bonds. The van der Waals surface area contributed by atoms with E-state index in [4.69, 9.17) is 0 Å². The molecular formula is C12H10F2N2O2. The van der Waals surface area contributed by atoms with Crippen molar-refractivity contribution in [3.8, 4) is 11.3 Å². The van der Waals surface area contributed by atoms with Crippen LogP contribution in [0, 0.1) is 11.6 Å². The molecule has 4 nitrogen and oxygen atoms in total. The minimum Gasteiger partial charge on any atom is -0.465 e. The van der Waals surface area contributed by atoms with Crippen molar-refractivity contribution in [2.24, 2.45) is 7.05 Å². The van der Waals surface area contributed by atoms with Crippen LogP contribution in [0.2, 0.25) is 0 Å². The number of halogens is 2. The molecule has 0 aliphatic heterocycles. The maximum absolute atomic E-state index is 13.9. The molecule has 0 radical (unpaired) electrons. The molecule has 0 saturated carbocycles. The average Bonchev–Trinajstić information content (AvgIpc) is 2.78. The van der Waals surface area contributed by atoms with Gasteiger partial charge in [0.15, 0.2) is 11.6 Å². The lowest BCUT2D eigenvalue weighted by molar-refractivity contribution is 0.0594. The Labute approximate surface area is 102 Å². The van der Waals surface area contributed by atoms with E-state index < -0.39 is 23.2 Å². The minimum absolute atomic E-state index is 0.0418. The summed E-state index contributed by atoms with van der Waals surface area (Å²) in [5, 5.41) is 3.87. The zero-order valence-electron chi connectivity index (χ0n) is 9.78. The number of ether oxygens (including phenoxy) is 1. The smallest absolute Gasteiger partial charge is 0.340 e. The second-order valence-corrected chi connectivity index (χ2v) is 3.62. The fraction of sp³-hybridized carbons (Fsp3) is 0.167. The second-order valence-electron chi connectivity index (χ2n) is 3.62. The Balaban J connectivity index is 2.58. The second kappa shape index (κ2) is 4.56. The summed E-state index contributed by atoms with van der Waals surface area (Å²) in [6, 6.07) is 4.06. The van der Waals surface area contributed by atoms with Crippen LogP contribution in [0.25, 0.3) is 11.3 Å². The molecule has 1 aromatic heterocycles. The van der Waals surface area contributed by atoms with E-state index in [0.717, 1.165) is 7.11 Å². The molecule has 0 atom stereocenters. The number of esters is 1. The number of carbonyl (C=O) groups is 1. The lowest BCUT2D eigenvalue weighted by Crippen LogP contribution is -2.07. The van der Waals surface area contributed by atoms with Crippen LogP contribution in [0.15, 0.2) is 24.4 Å². The van der Waals surface area contributed by atoms with Crippen molar-refractivity contribution in [2.45, 2.75) is 0 Å². The Hall–Kier alpha value is -2.24. The standard InChI is InChI=1S/C12H10F2N2O2/c1-16-9(5-6-15-16)7-3-4-8(12(17)18-2)11(14)10(7)13/h3-6H,1-2H3. The van der Waals surface area contributed by atoms with Crippen molar-refractivity contribution in [1.82, 2.24) is 9.78 Å². The van der Waals surface area contributed by atoms with Crippen molar-refractivity contribution >= 4 is 5.97 Å². The van der Waals surface area contributed by atoms with Crippen molar-refractivity contribution in [3.05, 3.63) is 41.6 Å². The number of aryl methyl sites for hydroxylation is 1. The zero-order valence-corrected chi connectivity index (χ0v) is 9.78. The molecule has 18 heavy (non-hydrogen) atoms. The highest BCUT2D eigenvalue weighted by atomic mass is 19.2. The third-order valence-electron chi connectivity index (χ3n) is 2.58. The molecule has 94 valence electrons. The van der Waals surface area contributed by atoms with Crippen LogP contribution in [0.3, 0.4) is 0 Å². The number of methoxy groups -OCH3 is 1. The first kappa shape index (κ1) is 12.2. The van der Waals surface area contributed by atoms with Gasteiger partial charge in [-0.1, -0.05) is 0 Å². The lowest BCUT2D eigenvalue weighted by Gasteiger charge is -2.07. The number of nitrogens with zero attached hydrogens (tertiary/aromatic N) is 2. The summed E-state index contributed by atoms with van der Waals surface area (Å²) in [5.41, 5.74) is 0.0314. The Kier molecular flexibility index (Phi) is 3.10. The number of hydrogen-bond acceptors (Lipinski definition) is 3. The van der Waals surface area contributed by atoms with Gasteiger partial charge in [-0.3, -0.25) is 4.68 Å². The maximum Gasteiger partial charge on any atom is 0.340 e. The van der Waals surface area contributed by atoms with Gasteiger partial charge in [0.1, 0.15) is 0 Å². The van der Waals surface area contributed by atoms with Gasteiger partial charge >= 0.3 is 5.97 Å². The molecule has 2 aromatic rings. The van der Waals surface area contributed by atoms with Crippen LogP contribution in [0.4, 0.5) is 8.78 Å². The first-order chi connectivity index (χ1) is 8.56. The molecule has 2 rings (SSSR count). The van der Waals surface area contributed by atoms with Crippen molar-refractivity contribution in [3.63, 3.8) is 0 Å². The zero-order chi connectivity index (χ0) is 13.3. The van der Waals surface area contributed by atoms with Gasteiger partial charge in [0.25, 0.3) is 0 Å². The first-order valence-corrected chi connectivity index (χ1v) is 5.11. The topological polar surface area (TPSA) is 44.1 Å². The largest absolute Gasteiger partial charge is 0.465 e. The highest BCUT2D eigenvalue weighted by molar-refractivity contribution is 5.90. The van der Waals surface area contributed by atoms with E-state index in [1.807, 2.05) is 0 Å². The molecule has 0 unspecified atom stereocenters. The van der Waals surface area contributed by atoms with E-state index in [9.17, 15) is 13.6 Å². The molecule has 0 aliphatic rings. The SMILES string of the molecule is COC(=O)c1ccc(-c2ccnn2C)c(F)c1F. The van der Waals surface area contributed by atoms with E-state index in [1.54, 1.807) is 13.1 Å². The molecule has 1 heterocycles. The third kappa shape index (κ3) is 1.85. The van der Waals surface area contributed by atoms with Gasteiger partial charge in [-0.05, 0) is 18.2 Å². The van der Waals surface area contributed by atoms with Crippen LogP contribution in [-0.4, -0.2) is 22.9 Å². The number of carbonyl (C=O) groups excluding carboxylic acids is 1. The highest BCUT2D eigenvalue weighted by Crippen LogP contribution is 2.26. The monoisotopic (exact) mass is 252 g/mol. The Morgan fingerprint density at radius 2 is 2.00 bits per heavy atom. The van der Waals surface area contributed by atoms with Crippen LogP contribution in [-0.2, 0) is 11.8 Å². The van der Waals surface area contributed by atoms with Crippen molar-refractivity contribution in [1.29, 1.82) is 0 Å². The van der Waals surface area contributed by atoms with E-state index >= 15 is 0 Å². The predicted molar refractivity (Wildman–Crippen MR) is 59.9 cm³/mol. The molecule has 1 aromatic carbocycles. The highest BCUT2D eigenvalue weighted by Gasteiger charge is 2.20. The normalized spacial score (nSPS) is 10.4. The van der Waals surface area contributed by atoms with Gasteiger partial charge in [0.05, 0.1) is 18.4 Å². The van der Waals surface area contributed by atoms with Gasteiger partial charge < -0.3 is 4.74 Å². The molecule has 6 heteroatoms. The van der Waals surface area contributed by atoms with Gasteiger partial charge in [-0.15, -0.1) is 0 Å². The summed E-state index contributed by atoms with van der Waals surface area (Å²) >= 11 is 0. The number of hydrogen-bond donors (Lipinski definition) is 0. The first-order valence-electron chi connectivity index (χ1n) is 5.11. The summed E-state index contributed by atoms with van der Waals surface area (Å²) in [5.74, 6) is -3.23. The quantitative estimate of drug-likeness (QED) is 0.769. The van der Waals surface area contributed by atoms with E-state index in [1.165, 1.54) is 23.0 Å². The van der Waals surface area contributed by atoms with Crippen molar-refractivity contribution in [2.75, 3.05) is 7.11 Å². The molecule has 0 fully saturated rings. The summed E-state index contributed by atoms with van der Waals surface area (Å²) in [6.45, 7) is 0. The molecule has 0 aliphatic carbocycles. The maximum atomic E-state index is 13.9. The van der Waals surface area contributed by atoms with E-state index in [2.05, 4.69) is 9.84 Å². The number of rotatable bonds is 2. The van der Waals surface area contributed by atoms with Crippen LogP contribution < -0.4 is 0 Å². The van der Waals surface area contributed by atoms with Crippen LogP contribution >= 0.6 is 0 Å². The summed E-state index contributed by atoms with van der Waals surface area (Å²) in [4.78, 5) is 11.2. The number of aromatic nitrogens is 2. The van der Waals surface area contributed by atoms with Gasteiger partial charge in [-0.25, -0.2) is 13.6 Å². The fourth-order valence-corrected chi connectivity index (χ4v) is 1.65. The average molecular weight is 252 g/mol. The van der Waals surface area contributed by atoms with Crippen LogP contribution in [0.5, 0.6) is 0 Å². The predicted octanol–water partition coefficient (Wildman–Crippen LogP) is 2.15. The molecule has 0 saturated heterocycles. The van der Waals surface area contributed by atoms with E-state index in [-0.39, 0.29) is 5.56 Å². The molecule has 0 bridgehead atoms. The minimum atomic E-state index is -1.22. The molecular weight excluding hydrogens is 242 g/mol. The lowest BCUT2D eigenvalue weighted by atomic mass is 10.1. The fourth-order valence-electron chi connectivity index (χ4n) is 1.65. The Morgan fingerprint density at radius 3 is 2.56 bits per heavy atom.